The van der Waals surface area contributed by atoms with E-state index in [2.05, 4.69) is 19.2 Å². The van der Waals surface area contributed by atoms with Gasteiger partial charge in [-0.2, -0.15) is 0 Å². The lowest BCUT2D eigenvalue weighted by molar-refractivity contribution is -0.123. The van der Waals surface area contributed by atoms with Crippen molar-refractivity contribution in [3.8, 4) is 0 Å². The minimum Gasteiger partial charge on any atom is -0.388 e. The summed E-state index contributed by atoms with van der Waals surface area (Å²) in [5, 5.41) is 14.1. The van der Waals surface area contributed by atoms with Crippen LogP contribution in [-0.2, 0) is 9.47 Å². The van der Waals surface area contributed by atoms with Gasteiger partial charge in [-0.3, -0.25) is 0 Å². The Balaban J connectivity index is 1.57. The van der Waals surface area contributed by atoms with Gasteiger partial charge in [0.15, 0.2) is 0 Å². The quantitative estimate of drug-likeness (QED) is 0.788. The molecule has 0 bridgehead atoms. The van der Waals surface area contributed by atoms with E-state index in [0.717, 1.165) is 25.9 Å². The Hall–Kier alpha value is -0.160. The molecule has 104 valence electrons. The fraction of sp³-hybridized carbons (Fsp3) is 1.00. The molecule has 4 heteroatoms. The molecule has 18 heavy (non-hydrogen) atoms. The highest BCUT2D eigenvalue weighted by molar-refractivity contribution is 5.11. The minimum absolute atomic E-state index is 0.197. The number of nitrogens with one attached hydrogen (secondary N) is 1. The number of ether oxygens (including phenoxy) is 2. The Morgan fingerprint density at radius 1 is 1.22 bits per heavy atom. The molecule has 0 amide bonds. The highest BCUT2D eigenvalue weighted by Gasteiger charge is 2.59. The monoisotopic (exact) mass is 255 g/mol. The first-order chi connectivity index (χ1) is 8.53. The van der Waals surface area contributed by atoms with E-state index in [1.807, 2.05) is 0 Å². The predicted octanol–water partition coefficient (Wildman–Crippen LogP) is 0.931. The van der Waals surface area contributed by atoms with Crippen LogP contribution < -0.4 is 5.32 Å². The van der Waals surface area contributed by atoms with Gasteiger partial charge in [-0.25, -0.2) is 0 Å². The molecule has 2 aliphatic heterocycles. The molecule has 0 aromatic carbocycles. The molecule has 0 aromatic heterocycles. The first kappa shape index (κ1) is 12.9. The van der Waals surface area contributed by atoms with Gasteiger partial charge < -0.3 is 19.9 Å². The fourth-order valence-electron chi connectivity index (χ4n) is 3.97. The van der Waals surface area contributed by atoms with Crippen LogP contribution >= 0.6 is 0 Å². The summed E-state index contributed by atoms with van der Waals surface area (Å²) in [6, 6.07) is 0.483. The average molecular weight is 255 g/mol. The van der Waals surface area contributed by atoms with Gasteiger partial charge in [0.25, 0.3) is 0 Å². The van der Waals surface area contributed by atoms with Crippen LogP contribution in [0.2, 0.25) is 0 Å². The Morgan fingerprint density at radius 2 is 1.94 bits per heavy atom. The molecule has 2 heterocycles. The molecule has 2 saturated heterocycles. The van der Waals surface area contributed by atoms with Crippen molar-refractivity contribution in [3.05, 3.63) is 0 Å². The van der Waals surface area contributed by atoms with Crippen molar-refractivity contribution in [3.63, 3.8) is 0 Å². The largest absolute Gasteiger partial charge is 0.388 e. The predicted molar refractivity (Wildman–Crippen MR) is 68.4 cm³/mol. The van der Waals surface area contributed by atoms with Crippen LogP contribution in [0.5, 0.6) is 0 Å². The summed E-state index contributed by atoms with van der Waals surface area (Å²) >= 11 is 0. The van der Waals surface area contributed by atoms with Gasteiger partial charge in [-0.15, -0.1) is 0 Å². The zero-order valence-corrected chi connectivity index (χ0v) is 11.4. The van der Waals surface area contributed by atoms with E-state index in [4.69, 9.17) is 9.47 Å². The minimum atomic E-state index is -0.571. The summed E-state index contributed by atoms with van der Waals surface area (Å²) in [5.74, 6) is 0.642. The van der Waals surface area contributed by atoms with Crippen molar-refractivity contribution in [2.45, 2.75) is 50.9 Å². The Bertz CT molecular complexity index is 312. The molecule has 3 atom stereocenters. The van der Waals surface area contributed by atoms with Crippen LogP contribution in [-0.4, -0.2) is 49.2 Å². The smallest absolute Gasteiger partial charge is 0.0815 e. The molecule has 2 N–H and O–H groups in total. The van der Waals surface area contributed by atoms with Crippen molar-refractivity contribution in [1.82, 2.24) is 5.32 Å². The summed E-state index contributed by atoms with van der Waals surface area (Å²) in [6.07, 6.45) is 3.07. The van der Waals surface area contributed by atoms with Gasteiger partial charge in [-0.1, -0.05) is 13.8 Å². The maximum absolute atomic E-state index is 10.5. The van der Waals surface area contributed by atoms with E-state index in [1.165, 1.54) is 0 Å². The third kappa shape index (κ3) is 1.99. The second-order valence-electron chi connectivity index (χ2n) is 6.76. The lowest BCUT2D eigenvalue weighted by atomic mass is 9.57. The Kier molecular flexibility index (Phi) is 3.17. The molecule has 3 rings (SSSR count). The molecule has 1 aliphatic carbocycles. The Morgan fingerprint density at radius 3 is 2.67 bits per heavy atom. The third-order valence-corrected chi connectivity index (χ3v) is 5.18. The second-order valence-corrected chi connectivity index (χ2v) is 6.76. The van der Waals surface area contributed by atoms with E-state index >= 15 is 0 Å². The van der Waals surface area contributed by atoms with E-state index < -0.39 is 5.60 Å². The number of rotatable bonds is 3. The molecule has 3 aliphatic rings. The van der Waals surface area contributed by atoms with Crippen LogP contribution in [0.1, 0.15) is 33.1 Å². The first-order valence-corrected chi connectivity index (χ1v) is 7.18. The lowest BCUT2D eigenvalue weighted by Crippen LogP contribution is -2.67. The van der Waals surface area contributed by atoms with Gasteiger partial charge in [-0.05, 0) is 6.42 Å². The van der Waals surface area contributed by atoms with Gasteiger partial charge in [0.2, 0.25) is 0 Å². The highest BCUT2D eigenvalue weighted by atomic mass is 16.5. The molecular weight excluding hydrogens is 230 g/mol. The number of hydrogen-bond acceptors (Lipinski definition) is 4. The summed E-state index contributed by atoms with van der Waals surface area (Å²) < 4.78 is 11.1. The van der Waals surface area contributed by atoms with Crippen molar-refractivity contribution >= 4 is 0 Å². The topological polar surface area (TPSA) is 50.7 Å². The maximum Gasteiger partial charge on any atom is 0.0815 e. The van der Waals surface area contributed by atoms with E-state index in [9.17, 15) is 5.11 Å². The molecule has 4 nitrogen and oxygen atoms in total. The van der Waals surface area contributed by atoms with Crippen molar-refractivity contribution in [2.75, 3.05) is 26.4 Å². The molecule has 0 spiro atoms. The van der Waals surface area contributed by atoms with Gasteiger partial charge in [0.05, 0.1) is 11.7 Å². The molecule has 3 unspecified atom stereocenters. The standard InChI is InChI=1S/C14H25NO3/c1-13(2)11(10-3-6-18-12(10)13)15-9-14(16)4-7-17-8-5-14/h10-12,15-16H,3-9H2,1-2H3. The number of aliphatic hydroxyl groups is 1. The van der Waals surface area contributed by atoms with Gasteiger partial charge in [0.1, 0.15) is 0 Å². The van der Waals surface area contributed by atoms with Crippen molar-refractivity contribution in [2.24, 2.45) is 11.3 Å². The summed E-state index contributed by atoms with van der Waals surface area (Å²) in [7, 11) is 0. The molecule has 0 radical (unpaired) electrons. The maximum atomic E-state index is 10.5. The van der Waals surface area contributed by atoms with Crippen LogP contribution in [0.15, 0.2) is 0 Å². The molecule has 0 aromatic rings. The van der Waals surface area contributed by atoms with Gasteiger partial charge >= 0.3 is 0 Å². The van der Waals surface area contributed by atoms with E-state index in [1.54, 1.807) is 0 Å². The summed E-state index contributed by atoms with van der Waals surface area (Å²) in [4.78, 5) is 0. The van der Waals surface area contributed by atoms with E-state index in [0.29, 0.717) is 37.8 Å². The second kappa shape index (κ2) is 4.44. The average Bonchev–Trinajstić information content (AvgIpc) is 2.76. The van der Waals surface area contributed by atoms with Crippen LogP contribution in [0.4, 0.5) is 0 Å². The van der Waals surface area contributed by atoms with Crippen LogP contribution in [0.3, 0.4) is 0 Å². The SMILES string of the molecule is CC1(C)C(NCC2(O)CCOCC2)C2CCOC21. The normalized spacial score (nSPS) is 41.2. The third-order valence-electron chi connectivity index (χ3n) is 5.18. The molecule has 3 fully saturated rings. The number of hydrogen-bond donors (Lipinski definition) is 2. The van der Waals surface area contributed by atoms with Crippen molar-refractivity contribution < 1.29 is 14.6 Å². The van der Waals surface area contributed by atoms with Crippen LogP contribution in [0, 0.1) is 11.3 Å². The first-order valence-electron chi connectivity index (χ1n) is 7.18. The van der Waals surface area contributed by atoms with E-state index in [-0.39, 0.29) is 5.41 Å². The zero-order valence-electron chi connectivity index (χ0n) is 11.4. The molecule has 1 saturated carbocycles. The highest BCUT2D eigenvalue weighted by Crippen LogP contribution is 2.52. The fourth-order valence-corrected chi connectivity index (χ4v) is 3.97. The number of fused-ring (bicyclic) bond motifs is 1. The zero-order chi connectivity index (χ0) is 12.8. The Labute approximate surface area is 109 Å². The summed E-state index contributed by atoms with van der Waals surface area (Å²) in [6.45, 7) is 7.49. The van der Waals surface area contributed by atoms with Crippen molar-refractivity contribution in [1.29, 1.82) is 0 Å². The summed E-state index contributed by atoms with van der Waals surface area (Å²) in [5.41, 5.74) is -0.373. The van der Waals surface area contributed by atoms with Gasteiger partial charge in [0, 0.05) is 56.6 Å². The van der Waals surface area contributed by atoms with Crippen LogP contribution in [0.25, 0.3) is 0 Å². The molecular formula is C14H25NO3. The lowest BCUT2D eigenvalue weighted by Gasteiger charge is -2.55.